The summed E-state index contributed by atoms with van der Waals surface area (Å²) in [5.41, 5.74) is 7.77. The Kier molecular flexibility index (Phi) is 7.26. The van der Waals surface area contributed by atoms with Gasteiger partial charge in [-0.15, -0.1) is 11.3 Å². The second-order valence-corrected chi connectivity index (χ2v) is 9.26. The molecule has 3 N–H and O–H groups in total. The van der Waals surface area contributed by atoms with Gasteiger partial charge in [-0.1, -0.05) is 38.0 Å². The minimum Gasteiger partial charge on any atom is -0.340 e. The molecule has 1 atom stereocenters. The first kappa shape index (κ1) is 22.0. The highest BCUT2D eigenvalue weighted by Gasteiger charge is 2.25. The third-order valence-electron chi connectivity index (χ3n) is 5.32. The number of amides is 3. The molecular weight excluding hydrogens is 398 g/mol. The molecule has 30 heavy (non-hydrogen) atoms. The molecule has 0 aliphatic heterocycles. The van der Waals surface area contributed by atoms with Crippen LogP contribution >= 0.6 is 11.3 Å². The van der Waals surface area contributed by atoms with E-state index in [1.54, 1.807) is 12.1 Å². The van der Waals surface area contributed by atoms with E-state index in [0.29, 0.717) is 10.4 Å². The zero-order valence-corrected chi connectivity index (χ0v) is 18.5. The average molecular weight is 428 g/mol. The van der Waals surface area contributed by atoms with E-state index in [2.05, 4.69) is 16.2 Å². The van der Waals surface area contributed by atoms with Crippen LogP contribution in [0.2, 0.25) is 0 Å². The van der Waals surface area contributed by atoms with Gasteiger partial charge in [-0.25, -0.2) is 0 Å². The predicted octanol–water partition coefficient (Wildman–Crippen LogP) is 3.54. The summed E-state index contributed by atoms with van der Waals surface area (Å²) in [5, 5.41) is 2.76. The summed E-state index contributed by atoms with van der Waals surface area (Å²) in [6, 6.07) is 8.32. The molecule has 0 fully saturated rings. The highest BCUT2D eigenvalue weighted by molar-refractivity contribution is 7.14. The zero-order chi connectivity index (χ0) is 21.7. The molecule has 1 aliphatic rings. The minimum absolute atomic E-state index is 0.144. The summed E-state index contributed by atoms with van der Waals surface area (Å²) < 4.78 is 0. The van der Waals surface area contributed by atoms with Crippen molar-refractivity contribution in [2.45, 2.75) is 58.9 Å². The van der Waals surface area contributed by atoms with Crippen LogP contribution in [0, 0.1) is 12.8 Å². The lowest BCUT2D eigenvalue weighted by molar-refractivity contribution is -0.124. The fourth-order valence-corrected chi connectivity index (χ4v) is 4.65. The van der Waals surface area contributed by atoms with Gasteiger partial charge < -0.3 is 5.32 Å². The standard InChI is InChI=1S/C23H29N3O3S/c1-14(2)20(24-21(27)16-11-9-15(3)10-12-16)23(29)26-25-22(28)19-13-17-7-5-4-6-8-18(17)30-19/h9-14,20H,4-8H2,1-3H3,(H,24,27)(H,25,28)(H,26,29)/t20-/m0/s1. The van der Waals surface area contributed by atoms with Gasteiger partial charge >= 0.3 is 0 Å². The third kappa shape index (κ3) is 5.48. The number of carbonyl (C=O) groups is 3. The number of hydrogen-bond donors (Lipinski definition) is 3. The quantitative estimate of drug-likeness (QED) is 0.504. The Morgan fingerprint density at radius 3 is 2.33 bits per heavy atom. The van der Waals surface area contributed by atoms with Gasteiger partial charge in [0.2, 0.25) is 0 Å². The van der Waals surface area contributed by atoms with E-state index < -0.39 is 11.9 Å². The fourth-order valence-electron chi connectivity index (χ4n) is 3.50. The first-order valence-electron chi connectivity index (χ1n) is 10.4. The number of benzene rings is 1. The first-order valence-corrected chi connectivity index (χ1v) is 11.3. The summed E-state index contributed by atoms with van der Waals surface area (Å²) in [4.78, 5) is 39.5. The number of carbonyl (C=O) groups excluding carboxylic acids is 3. The number of fused-ring (bicyclic) bond motifs is 1. The number of nitrogens with one attached hydrogen (secondary N) is 3. The first-order chi connectivity index (χ1) is 14.3. The lowest BCUT2D eigenvalue weighted by atomic mass is 10.0. The maximum absolute atomic E-state index is 12.6. The topological polar surface area (TPSA) is 87.3 Å². The predicted molar refractivity (Wildman–Crippen MR) is 118 cm³/mol. The largest absolute Gasteiger partial charge is 0.340 e. The molecule has 1 aliphatic carbocycles. The molecule has 2 aromatic rings. The molecule has 1 heterocycles. The fraction of sp³-hybridized carbons (Fsp3) is 0.435. The maximum Gasteiger partial charge on any atom is 0.279 e. The zero-order valence-electron chi connectivity index (χ0n) is 17.7. The van der Waals surface area contributed by atoms with Gasteiger partial charge in [-0.3, -0.25) is 25.2 Å². The second-order valence-electron chi connectivity index (χ2n) is 8.12. The van der Waals surface area contributed by atoms with E-state index in [1.165, 1.54) is 28.2 Å². The number of aryl methyl sites for hydroxylation is 3. The van der Waals surface area contributed by atoms with Crippen molar-refractivity contribution < 1.29 is 14.4 Å². The Labute approximate surface area is 181 Å². The number of rotatable bonds is 5. The molecule has 0 radical (unpaired) electrons. The van der Waals surface area contributed by atoms with Crippen LogP contribution in [0.4, 0.5) is 0 Å². The van der Waals surface area contributed by atoms with Crippen LogP contribution in [0.1, 0.15) is 69.1 Å². The normalized spacial score (nSPS) is 14.4. The van der Waals surface area contributed by atoms with Crippen molar-refractivity contribution in [2.75, 3.05) is 0 Å². The van der Waals surface area contributed by atoms with Crippen molar-refractivity contribution in [3.8, 4) is 0 Å². The van der Waals surface area contributed by atoms with Crippen LogP contribution in [0.25, 0.3) is 0 Å². The minimum atomic E-state index is -0.765. The highest BCUT2D eigenvalue weighted by atomic mass is 32.1. The van der Waals surface area contributed by atoms with Crippen LogP contribution in [0.3, 0.4) is 0 Å². The van der Waals surface area contributed by atoms with Gasteiger partial charge in [-0.2, -0.15) is 0 Å². The SMILES string of the molecule is Cc1ccc(C(=O)N[C@H](C(=O)NNC(=O)c2cc3c(s2)CCCCC3)C(C)C)cc1. The van der Waals surface area contributed by atoms with Crippen molar-refractivity contribution in [3.05, 3.63) is 56.8 Å². The Hall–Kier alpha value is -2.67. The summed E-state index contributed by atoms with van der Waals surface area (Å²) in [6.45, 7) is 5.63. The average Bonchev–Trinajstić information content (AvgIpc) is 3.00. The monoisotopic (exact) mass is 427 g/mol. The number of hydrogen-bond acceptors (Lipinski definition) is 4. The van der Waals surface area contributed by atoms with Gasteiger partial charge in [0.15, 0.2) is 0 Å². The van der Waals surface area contributed by atoms with Gasteiger partial charge in [-0.05, 0) is 62.3 Å². The molecule has 6 nitrogen and oxygen atoms in total. The molecule has 3 amide bonds. The summed E-state index contributed by atoms with van der Waals surface area (Å²) in [6.07, 6.45) is 5.55. The molecule has 7 heteroatoms. The van der Waals surface area contributed by atoms with Crippen LogP contribution in [0.5, 0.6) is 0 Å². The van der Waals surface area contributed by atoms with E-state index in [0.717, 1.165) is 31.2 Å². The second kappa shape index (κ2) is 9.89. The molecule has 160 valence electrons. The maximum atomic E-state index is 12.6. The Balaban J connectivity index is 1.59. The van der Waals surface area contributed by atoms with E-state index >= 15 is 0 Å². The number of thiophene rings is 1. The van der Waals surface area contributed by atoms with Crippen molar-refractivity contribution >= 4 is 29.1 Å². The molecule has 0 bridgehead atoms. The molecule has 1 aromatic heterocycles. The van der Waals surface area contributed by atoms with Gasteiger partial charge in [0, 0.05) is 10.4 Å². The third-order valence-corrected chi connectivity index (χ3v) is 6.55. The Morgan fingerprint density at radius 2 is 1.63 bits per heavy atom. The van der Waals surface area contributed by atoms with Crippen molar-refractivity contribution in [2.24, 2.45) is 5.92 Å². The van der Waals surface area contributed by atoms with Crippen molar-refractivity contribution in [3.63, 3.8) is 0 Å². The van der Waals surface area contributed by atoms with Crippen molar-refractivity contribution in [1.29, 1.82) is 0 Å². The Morgan fingerprint density at radius 1 is 0.933 bits per heavy atom. The number of hydrazine groups is 1. The van der Waals surface area contributed by atoms with E-state index in [1.807, 2.05) is 39.0 Å². The van der Waals surface area contributed by atoms with Crippen LogP contribution in [0.15, 0.2) is 30.3 Å². The summed E-state index contributed by atoms with van der Waals surface area (Å²) >= 11 is 1.50. The molecule has 0 unspecified atom stereocenters. The molecule has 0 saturated carbocycles. The van der Waals surface area contributed by atoms with Crippen LogP contribution in [-0.2, 0) is 17.6 Å². The lowest BCUT2D eigenvalue weighted by Gasteiger charge is -2.21. The van der Waals surface area contributed by atoms with E-state index in [4.69, 9.17) is 0 Å². The summed E-state index contributed by atoms with van der Waals surface area (Å²) in [5.74, 6) is -1.24. The van der Waals surface area contributed by atoms with E-state index in [9.17, 15) is 14.4 Å². The van der Waals surface area contributed by atoms with Gasteiger partial charge in [0.25, 0.3) is 17.7 Å². The Bertz CT molecular complexity index is 895. The van der Waals surface area contributed by atoms with Gasteiger partial charge in [0.05, 0.1) is 4.88 Å². The smallest absolute Gasteiger partial charge is 0.279 e. The van der Waals surface area contributed by atoms with Crippen LogP contribution in [-0.4, -0.2) is 23.8 Å². The molecule has 0 saturated heterocycles. The highest BCUT2D eigenvalue weighted by Crippen LogP contribution is 2.28. The van der Waals surface area contributed by atoms with Crippen LogP contribution < -0.4 is 16.2 Å². The summed E-state index contributed by atoms with van der Waals surface area (Å²) in [7, 11) is 0. The lowest BCUT2D eigenvalue weighted by Crippen LogP contribution is -2.54. The van der Waals surface area contributed by atoms with E-state index in [-0.39, 0.29) is 17.7 Å². The molecule has 3 rings (SSSR count). The molecular formula is C23H29N3O3S. The van der Waals surface area contributed by atoms with Gasteiger partial charge in [0.1, 0.15) is 6.04 Å². The van der Waals surface area contributed by atoms with Crippen molar-refractivity contribution in [1.82, 2.24) is 16.2 Å². The molecule has 1 aromatic carbocycles. The molecule has 0 spiro atoms.